The Hall–Kier alpha value is -2.02. The molecule has 0 bridgehead atoms. The van der Waals surface area contributed by atoms with Crippen molar-refractivity contribution in [3.05, 3.63) is 58.6 Å². The highest BCUT2D eigenvalue weighted by atomic mass is 35.5. The van der Waals surface area contributed by atoms with E-state index >= 15 is 0 Å². The van der Waals surface area contributed by atoms with E-state index in [-0.39, 0.29) is 17.4 Å². The maximum Gasteiger partial charge on any atom is 0.322 e. The predicted molar refractivity (Wildman–Crippen MR) is 142 cm³/mol. The van der Waals surface area contributed by atoms with Crippen LogP contribution in [0.4, 0.5) is 10.5 Å². The van der Waals surface area contributed by atoms with Crippen LogP contribution in [-0.2, 0) is 16.5 Å². The van der Waals surface area contributed by atoms with Crippen molar-refractivity contribution in [2.45, 2.75) is 71.6 Å². The molecule has 1 N–H and O–H groups in total. The number of urea groups is 1. The molecule has 3 unspecified atom stereocenters. The zero-order chi connectivity index (χ0) is 25.6. The van der Waals surface area contributed by atoms with E-state index in [1.54, 1.807) is 7.11 Å². The number of amides is 2. The topological polar surface area (TPSA) is 50.8 Å². The lowest BCUT2D eigenvalue weighted by molar-refractivity contribution is -0.0423. The lowest BCUT2D eigenvalue weighted by Crippen LogP contribution is -2.61. The van der Waals surface area contributed by atoms with Crippen LogP contribution in [0.25, 0.3) is 0 Å². The minimum absolute atomic E-state index is 0.0776. The third kappa shape index (κ3) is 4.73. The zero-order valence-corrected chi connectivity index (χ0v) is 23.3. The smallest absolute Gasteiger partial charge is 0.322 e. The number of benzene rings is 2. The van der Waals surface area contributed by atoms with Crippen molar-refractivity contribution in [1.82, 2.24) is 5.32 Å². The van der Waals surface area contributed by atoms with Crippen LogP contribution in [0.1, 0.15) is 65.0 Å². The normalized spacial score (nSPS) is 22.7. The van der Waals surface area contributed by atoms with Crippen molar-refractivity contribution < 1.29 is 14.0 Å². The Kier molecular flexibility index (Phi) is 7.04. The maximum atomic E-state index is 13.8. The molecule has 1 aliphatic heterocycles. The first kappa shape index (κ1) is 26.1. The quantitative estimate of drug-likeness (QED) is 0.405. The highest BCUT2D eigenvalue weighted by Crippen LogP contribution is 2.56. The first-order chi connectivity index (χ1) is 16.4. The largest absolute Gasteiger partial charge is 0.497 e. The number of hydrogen-bond acceptors (Lipinski definition) is 3. The van der Waals surface area contributed by atoms with Gasteiger partial charge in [-0.15, -0.1) is 0 Å². The second kappa shape index (κ2) is 9.45. The number of rotatable bonds is 8. The summed E-state index contributed by atoms with van der Waals surface area (Å²) < 4.78 is 11.2. The molecule has 0 saturated heterocycles. The molecule has 2 aromatic carbocycles. The molecule has 3 atom stereocenters. The fourth-order valence-corrected chi connectivity index (χ4v) is 6.03. The maximum absolute atomic E-state index is 13.8. The van der Waals surface area contributed by atoms with Gasteiger partial charge in [0.2, 0.25) is 10.5 Å². The SMILES string of the molecule is COc1ccc(CN2C(=O)NC(C(C)CC(C)(O[Si])C(C)(C)C)(C3CC3)c3cc(Cl)ccc32)cc1. The molecule has 4 rings (SSSR count). The highest BCUT2D eigenvalue weighted by Gasteiger charge is 2.57. The van der Waals surface area contributed by atoms with Gasteiger partial charge in [0, 0.05) is 10.6 Å². The molecule has 1 aliphatic carbocycles. The third-order valence-electron chi connectivity index (χ3n) is 8.26. The third-order valence-corrected chi connectivity index (χ3v) is 8.95. The van der Waals surface area contributed by atoms with Crippen LogP contribution in [0, 0.1) is 17.3 Å². The van der Waals surface area contributed by atoms with Crippen molar-refractivity contribution in [2.24, 2.45) is 17.3 Å². The second-order valence-corrected chi connectivity index (χ2v) is 12.0. The lowest BCUT2D eigenvalue weighted by Gasteiger charge is -2.51. The van der Waals surface area contributed by atoms with Crippen LogP contribution >= 0.6 is 11.6 Å². The molecule has 2 amide bonds. The number of nitrogens with one attached hydrogen (secondary N) is 1. The van der Waals surface area contributed by atoms with Crippen molar-refractivity contribution in [2.75, 3.05) is 12.0 Å². The number of ether oxygens (including phenoxy) is 1. The summed E-state index contributed by atoms with van der Waals surface area (Å²) >= 11 is 6.57. The van der Waals surface area contributed by atoms with Crippen molar-refractivity contribution in [1.29, 1.82) is 0 Å². The van der Waals surface area contributed by atoms with E-state index in [1.165, 1.54) is 0 Å². The van der Waals surface area contributed by atoms with Gasteiger partial charge in [0.05, 0.1) is 30.5 Å². The van der Waals surface area contributed by atoms with Crippen LogP contribution in [-0.4, -0.2) is 29.2 Å². The van der Waals surface area contributed by atoms with Crippen molar-refractivity contribution in [3.63, 3.8) is 0 Å². The highest BCUT2D eigenvalue weighted by molar-refractivity contribution is 6.30. The number of anilines is 1. The second-order valence-electron chi connectivity index (χ2n) is 11.4. The molecule has 2 aromatic rings. The van der Waals surface area contributed by atoms with Crippen LogP contribution in [0.2, 0.25) is 5.02 Å². The Labute approximate surface area is 218 Å². The van der Waals surface area contributed by atoms with Gasteiger partial charge in [-0.25, -0.2) is 4.79 Å². The van der Waals surface area contributed by atoms with Gasteiger partial charge in [0.25, 0.3) is 0 Å². The summed E-state index contributed by atoms with van der Waals surface area (Å²) in [4.78, 5) is 15.6. The number of nitrogens with zero attached hydrogens (tertiary/aromatic N) is 1. The Morgan fingerprint density at radius 2 is 1.83 bits per heavy atom. The summed E-state index contributed by atoms with van der Waals surface area (Å²) in [6.45, 7) is 11.4. The molecular formula is C28H36ClN2O3Si. The molecule has 0 aromatic heterocycles. The minimum Gasteiger partial charge on any atom is -0.497 e. The zero-order valence-electron chi connectivity index (χ0n) is 21.6. The van der Waals surface area contributed by atoms with Gasteiger partial charge in [0.15, 0.2) is 0 Å². The molecular weight excluding hydrogens is 476 g/mol. The van der Waals surface area contributed by atoms with Crippen LogP contribution < -0.4 is 15.0 Å². The number of methoxy groups -OCH3 is 1. The summed E-state index contributed by atoms with van der Waals surface area (Å²) in [6.07, 6.45) is 2.92. The average molecular weight is 512 g/mol. The van der Waals surface area contributed by atoms with Gasteiger partial charge in [-0.1, -0.05) is 51.4 Å². The van der Waals surface area contributed by atoms with Crippen LogP contribution in [0.3, 0.4) is 0 Å². The summed E-state index contributed by atoms with van der Waals surface area (Å²) in [5, 5.41) is 4.18. The van der Waals surface area contributed by atoms with E-state index in [4.69, 9.17) is 20.8 Å². The lowest BCUT2D eigenvalue weighted by atomic mass is 9.65. The van der Waals surface area contributed by atoms with Crippen molar-refractivity contribution >= 4 is 33.8 Å². The summed E-state index contributed by atoms with van der Waals surface area (Å²) in [5.74, 6) is 1.27. The number of fused-ring (bicyclic) bond motifs is 1. The standard InChI is InChI=1S/C28H36ClN2O3Si/c1-18(16-27(5,34-35)26(2,3)4)28(20-9-10-20)23-15-21(29)11-14-24(23)31(25(32)30-28)17-19-7-12-22(33-6)13-8-19/h7-8,11-15,18,20H,9-10,16-17H2,1-6H3,(H,30,32). The van der Waals surface area contributed by atoms with Crippen molar-refractivity contribution in [3.8, 4) is 5.75 Å². The van der Waals surface area contributed by atoms with E-state index < -0.39 is 11.1 Å². The molecule has 2 aliphatic rings. The fraction of sp³-hybridized carbons (Fsp3) is 0.536. The Morgan fingerprint density at radius 3 is 2.37 bits per heavy atom. The molecule has 35 heavy (non-hydrogen) atoms. The van der Waals surface area contributed by atoms with Crippen LogP contribution in [0.15, 0.2) is 42.5 Å². The fourth-order valence-electron chi connectivity index (χ4n) is 5.46. The van der Waals surface area contributed by atoms with Gasteiger partial charge in [0.1, 0.15) is 5.75 Å². The molecule has 1 heterocycles. The van der Waals surface area contributed by atoms with Gasteiger partial charge >= 0.3 is 6.03 Å². The number of hydrogen-bond donors (Lipinski definition) is 1. The molecule has 1 fully saturated rings. The van der Waals surface area contributed by atoms with Gasteiger partial charge in [-0.3, -0.25) is 4.90 Å². The monoisotopic (exact) mass is 511 g/mol. The van der Waals surface area contributed by atoms with Gasteiger partial charge < -0.3 is 14.5 Å². The number of carbonyl (C=O) groups is 1. The van der Waals surface area contributed by atoms with E-state index in [1.807, 2.05) is 41.3 Å². The van der Waals surface area contributed by atoms with E-state index in [2.05, 4.69) is 56.5 Å². The molecule has 5 nitrogen and oxygen atoms in total. The average Bonchev–Trinajstić information content (AvgIpc) is 3.66. The summed E-state index contributed by atoms with van der Waals surface area (Å²) in [5.41, 5.74) is 1.99. The first-order valence-electron chi connectivity index (χ1n) is 12.3. The van der Waals surface area contributed by atoms with E-state index in [9.17, 15) is 4.79 Å². The van der Waals surface area contributed by atoms with Gasteiger partial charge in [-0.2, -0.15) is 0 Å². The number of halogens is 1. The Morgan fingerprint density at radius 1 is 1.17 bits per heavy atom. The number of carbonyl (C=O) groups excluding carboxylic acids is 1. The summed E-state index contributed by atoms with van der Waals surface area (Å²) in [6, 6.07) is 13.7. The van der Waals surface area contributed by atoms with Gasteiger partial charge in [-0.05, 0) is 79.3 Å². The minimum atomic E-state index is -0.509. The molecule has 1 saturated carbocycles. The summed E-state index contributed by atoms with van der Waals surface area (Å²) in [7, 11) is 5.02. The van der Waals surface area contributed by atoms with E-state index in [0.717, 1.165) is 41.8 Å². The molecule has 187 valence electrons. The van der Waals surface area contributed by atoms with Crippen LogP contribution in [0.5, 0.6) is 5.75 Å². The Bertz CT molecular complexity index is 1080. The molecule has 0 spiro atoms. The first-order valence-corrected chi connectivity index (χ1v) is 13.1. The molecule has 7 heteroatoms. The molecule has 3 radical (unpaired) electrons. The Balaban J connectivity index is 1.76. The predicted octanol–water partition coefficient (Wildman–Crippen LogP) is 6.61. The van der Waals surface area contributed by atoms with E-state index in [0.29, 0.717) is 17.5 Å².